The third-order valence-corrected chi connectivity index (χ3v) is 3.92. The second-order valence-corrected chi connectivity index (χ2v) is 5.80. The molecular weight excluding hydrogens is 296 g/mol. The molecule has 0 saturated heterocycles. The Kier molecular flexibility index (Phi) is 3.95. The summed E-state index contributed by atoms with van der Waals surface area (Å²) >= 11 is 3.48. The lowest BCUT2D eigenvalue weighted by molar-refractivity contribution is -0.137. The first-order chi connectivity index (χ1) is 8.52. The normalized spacial score (nSPS) is 16.4. The second-order valence-electron chi connectivity index (χ2n) is 4.89. The van der Waals surface area contributed by atoms with E-state index >= 15 is 0 Å². The number of halogens is 1. The topological polar surface area (TPSA) is 46.5 Å². The van der Waals surface area contributed by atoms with Gasteiger partial charge in [0.1, 0.15) is 5.75 Å². The van der Waals surface area contributed by atoms with E-state index < -0.39 is 5.97 Å². The average molecular weight is 313 g/mol. The van der Waals surface area contributed by atoms with Crippen molar-refractivity contribution in [3.8, 4) is 5.75 Å². The molecule has 0 radical (unpaired) electrons. The van der Waals surface area contributed by atoms with Crippen molar-refractivity contribution < 1.29 is 14.6 Å². The van der Waals surface area contributed by atoms with E-state index in [1.807, 2.05) is 19.1 Å². The fraction of sp³-hybridized carbons (Fsp3) is 0.500. The summed E-state index contributed by atoms with van der Waals surface area (Å²) in [5.41, 5.74) is 2.06. The van der Waals surface area contributed by atoms with Gasteiger partial charge in [-0.2, -0.15) is 0 Å². The number of hydrogen-bond donors (Lipinski definition) is 1. The van der Waals surface area contributed by atoms with Crippen molar-refractivity contribution in [3.63, 3.8) is 0 Å². The minimum Gasteiger partial charge on any atom is -0.496 e. The summed E-state index contributed by atoms with van der Waals surface area (Å²) in [4.78, 5) is 11.0. The third kappa shape index (κ3) is 2.86. The average Bonchev–Trinajstić information content (AvgIpc) is 3.08. The first-order valence-electron chi connectivity index (χ1n) is 6.08. The number of aliphatic carboxylic acids is 1. The lowest BCUT2D eigenvalue weighted by atomic mass is 9.89. The molecule has 1 aromatic rings. The van der Waals surface area contributed by atoms with Crippen molar-refractivity contribution >= 4 is 21.9 Å². The van der Waals surface area contributed by atoms with Crippen LogP contribution in [0.15, 0.2) is 16.6 Å². The molecule has 3 nitrogen and oxygen atoms in total. The van der Waals surface area contributed by atoms with E-state index in [1.54, 1.807) is 7.11 Å². The standard InChI is InChI=1S/C14H17BrO3/c1-8-5-10(15)6-12(14(8)18-2)11(7-13(16)17)9-3-4-9/h5-6,9,11H,3-4,7H2,1-2H3,(H,16,17). The number of carboxylic acid groups (broad SMARTS) is 1. The third-order valence-electron chi connectivity index (χ3n) is 3.46. The van der Waals surface area contributed by atoms with Crippen LogP contribution in [0.4, 0.5) is 0 Å². The van der Waals surface area contributed by atoms with Crippen LogP contribution in [0.5, 0.6) is 5.75 Å². The molecule has 1 aliphatic rings. The summed E-state index contributed by atoms with van der Waals surface area (Å²) in [6, 6.07) is 3.99. The Hall–Kier alpha value is -1.03. The number of methoxy groups -OCH3 is 1. The summed E-state index contributed by atoms with van der Waals surface area (Å²) < 4.78 is 6.44. The fourth-order valence-corrected chi connectivity index (χ4v) is 3.12. The molecule has 0 amide bonds. The molecule has 4 heteroatoms. The summed E-state index contributed by atoms with van der Waals surface area (Å²) in [6.07, 6.45) is 2.41. The molecule has 1 aromatic carbocycles. The Bertz CT molecular complexity index is 466. The Morgan fingerprint density at radius 3 is 2.72 bits per heavy atom. The first kappa shape index (κ1) is 13.4. The number of ether oxygens (including phenoxy) is 1. The van der Waals surface area contributed by atoms with Crippen molar-refractivity contribution in [2.45, 2.75) is 32.1 Å². The quantitative estimate of drug-likeness (QED) is 0.901. The predicted octanol–water partition coefficient (Wildman–Crippen LogP) is 3.73. The van der Waals surface area contributed by atoms with Crippen LogP contribution in [0.25, 0.3) is 0 Å². The number of benzene rings is 1. The van der Waals surface area contributed by atoms with Gasteiger partial charge in [-0.25, -0.2) is 0 Å². The number of aryl methyl sites for hydroxylation is 1. The van der Waals surface area contributed by atoms with Gasteiger partial charge in [0.05, 0.1) is 13.5 Å². The largest absolute Gasteiger partial charge is 0.496 e. The molecule has 2 rings (SSSR count). The molecule has 1 atom stereocenters. The van der Waals surface area contributed by atoms with Crippen molar-refractivity contribution in [1.82, 2.24) is 0 Å². The minimum atomic E-state index is -0.744. The Morgan fingerprint density at radius 2 is 2.22 bits per heavy atom. The number of carbonyl (C=O) groups is 1. The van der Waals surface area contributed by atoms with Crippen LogP contribution in [0, 0.1) is 12.8 Å². The smallest absolute Gasteiger partial charge is 0.303 e. The van der Waals surface area contributed by atoms with E-state index in [9.17, 15) is 4.79 Å². The Labute approximate surface area is 115 Å². The SMILES string of the molecule is COc1c(C)cc(Br)cc1C(CC(=O)O)C1CC1. The monoisotopic (exact) mass is 312 g/mol. The molecule has 0 spiro atoms. The predicted molar refractivity (Wildman–Crippen MR) is 73.1 cm³/mol. The van der Waals surface area contributed by atoms with Crippen molar-refractivity contribution in [2.75, 3.05) is 7.11 Å². The van der Waals surface area contributed by atoms with Crippen LogP contribution >= 0.6 is 15.9 Å². The molecular formula is C14H17BrO3. The molecule has 0 aromatic heterocycles. The lowest BCUT2D eigenvalue weighted by Crippen LogP contribution is -2.10. The maximum Gasteiger partial charge on any atom is 0.303 e. The summed E-state index contributed by atoms with van der Waals surface area (Å²) in [5.74, 6) is 0.639. The number of rotatable bonds is 5. The highest BCUT2D eigenvalue weighted by atomic mass is 79.9. The second kappa shape index (κ2) is 5.31. The zero-order valence-electron chi connectivity index (χ0n) is 10.6. The molecule has 0 heterocycles. The maximum absolute atomic E-state index is 11.0. The van der Waals surface area contributed by atoms with Crippen molar-refractivity contribution in [1.29, 1.82) is 0 Å². The summed E-state index contributed by atoms with van der Waals surface area (Å²) in [6.45, 7) is 1.98. The number of hydrogen-bond acceptors (Lipinski definition) is 2. The minimum absolute atomic E-state index is 0.0636. The van der Waals surface area contributed by atoms with E-state index in [0.717, 1.165) is 34.2 Å². The van der Waals surface area contributed by atoms with E-state index in [0.29, 0.717) is 5.92 Å². The Balaban J connectivity index is 2.42. The van der Waals surface area contributed by atoms with E-state index in [2.05, 4.69) is 15.9 Å². The highest BCUT2D eigenvalue weighted by molar-refractivity contribution is 9.10. The van der Waals surface area contributed by atoms with Gasteiger partial charge in [0, 0.05) is 10.4 Å². The van der Waals surface area contributed by atoms with Crippen LogP contribution in [0.1, 0.15) is 36.3 Å². The van der Waals surface area contributed by atoms with Gasteiger partial charge in [-0.15, -0.1) is 0 Å². The molecule has 1 fully saturated rings. The highest BCUT2D eigenvalue weighted by Gasteiger charge is 2.35. The summed E-state index contributed by atoms with van der Waals surface area (Å²) in [5, 5.41) is 9.07. The van der Waals surface area contributed by atoms with E-state index in [-0.39, 0.29) is 12.3 Å². The maximum atomic E-state index is 11.0. The first-order valence-corrected chi connectivity index (χ1v) is 6.88. The molecule has 1 N–H and O–H groups in total. The molecule has 1 aliphatic carbocycles. The highest BCUT2D eigenvalue weighted by Crippen LogP contribution is 2.48. The zero-order chi connectivity index (χ0) is 13.3. The van der Waals surface area contributed by atoms with Crippen LogP contribution in [-0.4, -0.2) is 18.2 Å². The van der Waals surface area contributed by atoms with Gasteiger partial charge in [0.2, 0.25) is 0 Å². The molecule has 0 aliphatic heterocycles. The van der Waals surface area contributed by atoms with Gasteiger partial charge in [-0.1, -0.05) is 15.9 Å². The van der Waals surface area contributed by atoms with Crippen molar-refractivity contribution in [2.24, 2.45) is 5.92 Å². The van der Waals surface area contributed by atoms with Gasteiger partial charge in [0.15, 0.2) is 0 Å². The Morgan fingerprint density at radius 1 is 1.56 bits per heavy atom. The molecule has 18 heavy (non-hydrogen) atoms. The lowest BCUT2D eigenvalue weighted by Gasteiger charge is -2.20. The molecule has 1 unspecified atom stereocenters. The molecule has 1 saturated carbocycles. The van der Waals surface area contributed by atoms with E-state index in [4.69, 9.17) is 9.84 Å². The van der Waals surface area contributed by atoms with Gasteiger partial charge in [-0.3, -0.25) is 4.79 Å². The van der Waals surface area contributed by atoms with Gasteiger partial charge < -0.3 is 9.84 Å². The van der Waals surface area contributed by atoms with Crippen LogP contribution in [0.3, 0.4) is 0 Å². The van der Waals surface area contributed by atoms with Crippen LogP contribution < -0.4 is 4.74 Å². The molecule has 0 bridgehead atoms. The zero-order valence-corrected chi connectivity index (χ0v) is 12.2. The fourth-order valence-electron chi connectivity index (χ4n) is 2.53. The van der Waals surface area contributed by atoms with Crippen molar-refractivity contribution in [3.05, 3.63) is 27.7 Å². The van der Waals surface area contributed by atoms with Gasteiger partial charge in [0.25, 0.3) is 0 Å². The van der Waals surface area contributed by atoms with E-state index in [1.165, 1.54) is 0 Å². The summed E-state index contributed by atoms with van der Waals surface area (Å²) in [7, 11) is 1.64. The van der Waals surface area contributed by atoms with Crippen LogP contribution in [-0.2, 0) is 4.79 Å². The van der Waals surface area contributed by atoms with Gasteiger partial charge >= 0.3 is 5.97 Å². The van der Waals surface area contributed by atoms with Gasteiger partial charge in [-0.05, 0) is 48.9 Å². The number of carboxylic acids is 1. The van der Waals surface area contributed by atoms with Crippen LogP contribution in [0.2, 0.25) is 0 Å². The molecule has 98 valence electrons.